The zero-order valence-corrected chi connectivity index (χ0v) is 9.58. The topological polar surface area (TPSA) is 73.6 Å². The highest BCUT2D eigenvalue weighted by molar-refractivity contribution is 5.76. The third-order valence-electron chi connectivity index (χ3n) is 2.04. The fourth-order valence-electron chi connectivity index (χ4n) is 1.34. The average molecular weight is 216 g/mol. The molecule has 1 aliphatic rings. The number of rotatable bonds is 2. The molecule has 5 heteroatoms. The summed E-state index contributed by atoms with van der Waals surface area (Å²) in [7, 11) is 0. The van der Waals surface area contributed by atoms with Crippen molar-refractivity contribution in [3.05, 3.63) is 0 Å². The van der Waals surface area contributed by atoms with Gasteiger partial charge in [-0.1, -0.05) is 0 Å². The van der Waals surface area contributed by atoms with Crippen molar-refractivity contribution in [2.24, 2.45) is 5.73 Å². The minimum atomic E-state index is -0.711. The minimum absolute atomic E-state index is 0.284. The first-order valence-electron chi connectivity index (χ1n) is 5.21. The molecule has 0 saturated carbocycles. The Bertz CT molecular complexity index is 219. The SMILES string of the molecule is CC(C)(C)OC(=O)C(N)C1CNCCO1. The maximum Gasteiger partial charge on any atom is 0.326 e. The Kier molecular flexibility index (Phi) is 4.07. The second kappa shape index (κ2) is 4.92. The van der Waals surface area contributed by atoms with E-state index in [4.69, 9.17) is 15.2 Å². The van der Waals surface area contributed by atoms with Crippen molar-refractivity contribution in [1.82, 2.24) is 5.32 Å². The van der Waals surface area contributed by atoms with Crippen LogP contribution in [0.4, 0.5) is 0 Å². The van der Waals surface area contributed by atoms with Crippen LogP contribution in [0.25, 0.3) is 0 Å². The standard InChI is InChI=1S/C10H20N2O3/c1-10(2,3)15-9(13)8(11)7-6-12-4-5-14-7/h7-8,12H,4-6,11H2,1-3H3. The van der Waals surface area contributed by atoms with Gasteiger partial charge in [-0.25, -0.2) is 0 Å². The summed E-state index contributed by atoms with van der Waals surface area (Å²) in [5.41, 5.74) is 5.26. The molecule has 0 aromatic heterocycles. The predicted octanol–water partition coefficient (Wildman–Crippen LogP) is -0.356. The van der Waals surface area contributed by atoms with E-state index in [1.807, 2.05) is 20.8 Å². The van der Waals surface area contributed by atoms with Crippen LogP contribution in [0.5, 0.6) is 0 Å². The maximum atomic E-state index is 11.6. The van der Waals surface area contributed by atoms with Gasteiger partial charge in [0.1, 0.15) is 11.6 Å². The Morgan fingerprint density at radius 3 is 2.73 bits per heavy atom. The smallest absolute Gasteiger partial charge is 0.326 e. The third kappa shape index (κ3) is 4.15. The van der Waals surface area contributed by atoms with Gasteiger partial charge in [0.2, 0.25) is 0 Å². The number of hydrogen-bond donors (Lipinski definition) is 2. The van der Waals surface area contributed by atoms with Gasteiger partial charge in [0.05, 0.1) is 12.7 Å². The van der Waals surface area contributed by atoms with E-state index in [0.717, 1.165) is 6.54 Å². The van der Waals surface area contributed by atoms with E-state index in [0.29, 0.717) is 13.2 Å². The Morgan fingerprint density at radius 1 is 1.60 bits per heavy atom. The normalized spacial score (nSPS) is 24.7. The van der Waals surface area contributed by atoms with Crippen LogP contribution in [0.15, 0.2) is 0 Å². The van der Waals surface area contributed by atoms with Crippen molar-refractivity contribution in [3.63, 3.8) is 0 Å². The van der Waals surface area contributed by atoms with Crippen LogP contribution in [-0.4, -0.2) is 43.4 Å². The molecule has 0 aliphatic carbocycles. The van der Waals surface area contributed by atoms with Gasteiger partial charge < -0.3 is 20.5 Å². The van der Waals surface area contributed by atoms with Gasteiger partial charge in [-0.2, -0.15) is 0 Å². The van der Waals surface area contributed by atoms with Gasteiger partial charge in [-0.3, -0.25) is 4.79 Å². The van der Waals surface area contributed by atoms with Crippen molar-refractivity contribution >= 4 is 5.97 Å². The molecule has 15 heavy (non-hydrogen) atoms. The molecule has 2 atom stereocenters. The Hall–Kier alpha value is -0.650. The quantitative estimate of drug-likeness (QED) is 0.617. The number of nitrogens with one attached hydrogen (secondary N) is 1. The first-order valence-corrected chi connectivity index (χ1v) is 5.21. The highest BCUT2D eigenvalue weighted by atomic mass is 16.6. The summed E-state index contributed by atoms with van der Waals surface area (Å²) in [6.07, 6.45) is -0.284. The zero-order chi connectivity index (χ0) is 11.5. The van der Waals surface area contributed by atoms with Gasteiger partial charge in [0.15, 0.2) is 0 Å². The van der Waals surface area contributed by atoms with E-state index in [9.17, 15) is 4.79 Å². The van der Waals surface area contributed by atoms with Crippen molar-refractivity contribution < 1.29 is 14.3 Å². The molecule has 88 valence electrons. The summed E-state index contributed by atoms with van der Waals surface area (Å²) < 4.78 is 10.6. The number of hydrogen-bond acceptors (Lipinski definition) is 5. The Morgan fingerprint density at radius 2 is 2.27 bits per heavy atom. The molecule has 0 aromatic rings. The van der Waals surface area contributed by atoms with Crippen molar-refractivity contribution in [2.75, 3.05) is 19.7 Å². The summed E-state index contributed by atoms with van der Waals surface area (Å²) >= 11 is 0. The summed E-state index contributed by atoms with van der Waals surface area (Å²) in [6.45, 7) is 7.44. The van der Waals surface area contributed by atoms with Gasteiger partial charge in [-0.05, 0) is 20.8 Å². The van der Waals surface area contributed by atoms with Crippen LogP contribution in [0.1, 0.15) is 20.8 Å². The van der Waals surface area contributed by atoms with Crippen LogP contribution < -0.4 is 11.1 Å². The van der Waals surface area contributed by atoms with E-state index in [2.05, 4.69) is 5.32 Å². The second-order valence-corrected chi connectivity index (χ2v) is 4.67. The van der Waals surface area contributed by atoms with Crippen molar-refractivity contribution in [3.8, 4) is 0 Å². The first-order chi connectivity index (χ1) is 6.90. The van der Waals surface area contributed by atoms with E-state index < -0.39 is 17.6 Å². The van der Waals surface area contributed by atoms with Crippen molar-refractivity contribution in [2.45, 2.75) is 38.5 Å². The molecule has 0 spiro atoms. The van der Waals surface area contributed by atoms with Crippen molar-refractivity contribution in [1.29, 1.82) is 0 Å². The van der Waals surface area contributed by atoms with Crippen LogP contribution in [-0.2, 0) is 14.3 Å². The third-order valence-corrected chi connectivity index (χ3v) is 2.04. The number of nitrogens with two attached hydrogens (primary N) is 1. The van der Waals surface area contributed by atoms with Gasteiger partial charge >= 0.3 is 5.97 Å². The summed E-state index contributed by atoms with van der Waals surface area (Å²) in [4.78, 5) is 11.6. The van der Waals surface area contributed by atoms with Gasteiger partial charge in [0, 0.05) is 13.1 Å². The van der Waals surface area contributed by atoms with Crippen LogP contribution in [0.3, 0.4) is 0 Å². The van der Waals surface area contributed by atoms with E-state index in [1.165, 1.54) is 0 Å². The molecule has 3 N–H and O–H groups in total. The van der Waals surface area contributed by atoms with Crippen LogP contribution >= 0.6 is 0 Å². The van der Waals surface area contributed by atoms with Crippen LogP contribution in [0.2, 0.25) is 0 Å². The number of morpholine rings is 1. The average Bonchev–Trinajstić information content (AvgIpc) is 2.15. The number of carbonyl (C=O) groups is 1. The van der Waals surface area contributed by atoms with Crippen LogP contribution in [0, 0.1) is 0 Å². The highest BCUT2D eigenvalue weighted by Gasteiger charge is 2.30. The Balaban J connectivity index is 2.44. The molecular formula is C10H20N2O3. The summed E-state index contributed by atoms with van der Waals surface area (Å²) in [5.74, 6) is -0.406. The predicted molar refractivity (Wildman–Crippen MR) is 56.4 cm³/mol. The minimum Gasteiger partial charge on any atom is -0.459 e. The second-order valence-electron chi connectivity index (χ2n) is 4.67. The molecule has 1 heterocycles. The summed E-state index contributed by atoms with van der Waals surface area (Å²) in [6, 6.07) is -0.711. The van der Waals surface area contributed by atoms with E-state index in [-0.39, 0.29) is 6.10 Å². The fraction of sp³-hybridized carbons (Fsp3) is 0.900. The number of esters is 1. The number of carbonyl (C=O) groups excluding carboxylic acids is 1. The molecular weight excluding hydrogens is 196 g/mol. The molecule has 0 amide bonds. The monoisotopic (exact) mass is 216 g/mol. The molecule has 1 rings (SSSR count). The molecule has 0 radical (unpaired) electrons. The lowest BCUT2D eigenvalue weighted by atomic mass is 10.1. The van der Waals surface area contributed by atoms with E-state index >= 15 is 0 Å². The lowest BCUT2D eigenvalue weighted by Crippen LogP contribution is -2.53. The first kappa shape index (κ1) is 12.4. The molecule has 2 unspecified atom stereocenters. The molecule has 1 aliphatic heterocycles. The fourth-order valence-corrected chi connectivity index (χ4v) is 1.34. The Labute approximate surface area is 90.3 Å². The largest absolute Gasteiger partial charge is 0.459 e. The lowest BCUT2D eigenvalue weighted by Gasteiger charge is -2.29. The zero-order valence-electron chi connectivity index (χ0n) is 9.58. The molecule has 0 bridgehead atoms. The molecule has 5 nitrogen and oxygen atoms in total. The summed E-state index contributed by atoms with van der Waals surface area (Å²) in [5, 5.41) is 3.12. The molecule has 1 saturated heterocycles. The number of ether oxygens (including phenoxy) is 2. The van der Waals surface area contributed by atoms with E-state index in [1.54, 1.807) is 0 Å². The molecule has 0 aromatic carbocycles. The maximum absolute atomic E-state index is 11.6. The highest BCUT2D eigenvalue weighted by Crippen LogP contribution is 2.10. The van der Waals surface area contributed by atoms with Gasteiger partial charge in [0.25, 0.3) is 0 Å². The molecule has 1 fully saturated rings. The van der Waals surface area contributed by atoms with Gasteiger partial charge in [-0.15, -0.1) is 0 Å². The lowest BCUT2D eigenvalue weighted by molar-refractivity contribution is -0.160.